The predicted octanol–water partition coefficient (Wildman–Crippen LogP) is 15.2. The van der Waals surface area contributed by atoms with Crippen LogP contribution in [0.3, 0.4) is 0 Å². The van der Waals surface area contributed by atoms with Crippen molar-refractivity contribution in [3.8, 4) is 45.1 Å². The van der Waals surface area contributed by atoms with E-state index in [1.807, 2.05) is 48.2 Å². The maximum Gasteiger partial charge on any atom is 0.236 e. The lowest BCUT2D eigenvalue weighted by Crippen LogP contribution is -2.02. The number of hydrogen-bond acceptors (Lipinski definition) is 4. The first kappa shape index (κ1) is 33.9. The summed E-state index contributed by atoms with van der Waals surface area (Å²) in [5.74, 6) is 0.611. The molecule has 0 radical (unpaired) electrons. The highest BCUT2D eigenvalue weighted by Gasteiger charge is 2.26. The molecule has 9 aromatic carbocycles. The van der Waals surface area contributed by atoms with Gasteiger partial charge in [-0.2, -0.15) is 0 Å². The molecule has 4 aromatic heterocycles. The van der Waals surface area contributed by atoms with E-state index in [0.29, 0.717) is 11.5 Å². The van der Waals surface area contributed by atoms with Crippen molar-refractivity contribution >= 4 is 88.2 Å². The van der Waals surface area contributed by atoms with Crippen LogP contribution >= 0.6 is 11.8 Å². The van der Waals surface area contributed by atoms with Gasteiger partial charge < -0.3 is 8.98 Å². The number of hydrogen-bond donors (Lipinski definition) is 0. The molecular weight excluding hydrogens is 777 g/mol. The topological polar surface area (TPSA) is 48.8 Å². The van der Waals surface area contributed by atoms with E-state index in [-0.39, 0.29) is 0 Å². The fourth-order valence-electron chi connectivity index (χ4n) is 10.0. The molecule has 0 aliphatic carbocycles. The molecular formula is C56H32N4OS. The van der Waals surface area contributed by atoms with Gasteiger partial charge in [0.15, 0.2) is 5.58 Å². The summed E-state index contributed by atoms with van der Waals surface area (Å²) in [6, 6.07) is 69.6. The van der Waals surface area contributed by atoms with Crippen LogP contribution in [0, 0.1) is 0 Å². The summed E-state index contributed by atoms with van der Waals surface area (Å²) in [7, 11) is 0. The summed E-state index contributed by atoms with van der Waals surface area (Å²) in [4.78, 5) is 13.1. The van der Waals surface area contributed by atoms with E-state index in [1.54, 1.807) is 0 Å². The van der Waals surface area contributed by atoms with Crippen LogP contribution < -0.4 is 0 Å². The lowest BCUT2D eigenvalue weighted by atomic mass is 9.93. The molecule has 0 saturated carbocycles. The van der Waals surface area contributed by atoms with Gasteiger partial charge in [-0.1, -0.05) is 139 Å². The average Bonchev–Trinajstić information content (AvgIpc) is 3.99. The second-order valence-electron chi connectivity index (χ2n) is 16.1. The average molecular weight is 809 g/mol. The molecule has 0 N–H and O–H groups in total. The lowest BCUT2D eigenvalue weighted by Gasteiger charge is -2.22. The Hall–Kier alpha value is -7.93. The van der Waals surface area contributed by atoms with Crippen molar-refractivity contribution in [2.45, 2.75) is 9.79 Å². The van der Waals surface area contributed by atoms with Crippen molar-refractivity contribution in [1.29, 1.82) is 0 Å². The first-order valence-corrected chi connectivity index (χ1v) is 21.7. The van der Waals surface area contributed by atoms with Gasteiger partial charge >= 0.3 is 0 Å². The van der Waals surface area contributed by atoms with Crippen molar-refractivity contribution in [1.82, 2.24) is 19.1 Å². The first-order valence-electron chi connectivity index (χ1n) is 20.9. The van der Waals surface area contributed by atoms with Crippen molar-refractivity contribution in [2.75, 3.05) is 0 Å². The van der Waals surface area contributed by atoms with Crippen LogP contribution in [0.4, 0.5) is 0 Å². The Kier molecular flexibility index (Phi) is 6.98. The number of aromatic nitrogens is 4. The number of fused-ring (bicyclic) bond motifs is 12. The molecule has 0 amide bonds. The molecule has 0 bridgehead atoms. The van der Waals surface area contributed by atoms with Gasteiger partial charge in [0, 0.05) is 53.4 Å². The summed E-state index contributed by atoms with van der Waals surface area (Å²) >= 11 is 1.88. The molecule has 6 heteroatoms. The molecule has 0 fully saturated rings. The van der Waals surface area contributed by atoms with E-state index in [4.69, 9.17) is 14.4 Å². The van der Waals surface area contributed by atoms with E-state index in [0.717, 1.165) is 60.8 Å². The zero-order chi connectivity index (χ0) is 40.5. The Morgan fingerprint density at radius 1 is 0.403 bits per heavy atom. The largest absolute Gasteiger partial charge is 0.452 e. The van der Waals surface area contributed by atoms with Crippen LogP contribution in [0.5, 0.6) is 0 Å². The first-order chi connectivity index (χ1) is 30.7. The van der Waals surface area contributed by atoms with Gasteiger partial charge in [-0.3, -0.25) is 4.57 Å². The third-order valence-electron chi connectivity index (χ3n) is 12.7. The Morgan fingerprint density at radius 3 is 1.94 bits per heavy atom. The van der Waals surface area contributed by atoms with Gasteiger partial charge in [0.1, 0.15) is 16.8 Å². The Morgan fingerprint density at radius 2 is 1.08 bits per heavy atom. The minimum absolute atomic E-state index is 0.611. The molecule has 0 spiro atoms. The highest BCUT2D eigenvalue weighted by atomic mass is 32.2. The van der Waals surface area contributed by atoms with Crippen molar-refractivity contribution in [2.24, 2.45) is 0 Å². The molecule has 1 aliphatic rings. The Labute approximate surface area is 359 Å². The lowest BCUT2D eigenvalue weighted by molar-refractivity contribution is 0.666. The molecule has 0 unspecified atom stereocenters. The summed E-state index contributed by atoms with van der Waals surface area (Å²) in [5.41, 5.74) is 14.6. The van der Waals surface area contributed by atoms with E-state index in [1.165, 1.54) is 59.1 Å². The second-order valence-corrected chi connectivity index (χ2v) is 17.2. The van der Waals surface area contributed by atoms with Crippen LogP contribution in [-0.2, 0) is 0 Å². The number of rotatable bonds is 4. The SMILES string of the molecule is c1ccc(-c2nc(-n3c4ccccc4c4cc(-c5ccc6c(c5)Sc5cccc7c5c-6cc5c7c6ccccc6n5-c5ccccc5)ccc43)nc3c2oc2ccccc23)cc1. The maximum absolute atomic E-state index is 6.44. The predicted molar refractivity (Wildman–Crippen MR) is 256 cm³/mol. The third kappa shape index (κ3) is 4.75. The van der Waals surface area contributed by atoms with Gasteiger partial charge in [-0.05, 0) is 94.4 Å². The summed E-state index contributed by atoms with van der Waals surface area (Å²) < 4.78 is 11.1. The quantitative estimate of drug-likeness (QED) is 0.178. The third-order valence-corrected chi connectivity index (χ3v) is 13.8. The van der Waals surface area contributed by atoms with E-state index >= 15 is 0 Å². The fourth-order valence-corrected chi connectivity index (χ4v) is 11.2. The zero-order valence-corrected chi connectivity index (χ0v) is 33.9. The number of para-hydroxylation sites is 4. The van der Waals surface area contributed by atoms with E-state index < -0.39 is 0 Å². The molecule has 13 aromatic rings. The molecule has 5 heterocycles. The molecule has 62 heavy (non-hydrogen) atoms. The normalized spacial score (nSPS) is 12.5. The monoisotopic (exact) mass is 808 g/mol. The molecule has 1 aliphatic heterocycles. The summed E-state index contributed by atoms with van der Waals surface area (Å²) in [6.07, 6.45) is 0. The standard InChI is InChI=1S/C56H32N4OS/c1-3-14-33(15-4-1)53-55-54(40-20-9-12-24-48(40)61-55)58-56(57-53)60-44-22-10-7-18-37(44)42-30-34(27-29-46(42)60)35-26-28-38-43-32-47-51(41-21-13-25-49(52(41)43)62-50(38)31-35)39-19-8-11-23-45(39)59(47)36-16-5-2-6-17-36/h1-32H. The maximum atomic E-state index is 6.44. The van der Waals surface area contributed by atoms with Gasteiger partial charge in [0.05, 0.1) is 22.1 Å². The Bertz CT molecular complexity index is 4010. The zero-order valence-electron chi connectivity index (χ0n) is 33.1. The van der Waals surface area contributed by atoms with Crippen LogP contribution in [0.25, 0.3) is 122 Å². The van der Waals surface area contributed by atoms with Gasteiger partial charge in [-0.15, -0.1) is 0 Å². The second kappa shape index (κ2) is 12.8. The van der Waals surface area contributed by atoms with Crippen molar-refractivity contribution < 1.29 is 4.42 Å². The smallest absolute Gasteiger partial charge is 0.236 e. The number of furan rings is 1. The fraction of sp³-hybridized carbons (Fsp3) is 0. The highest BCUT2D eigenvalue weighted by Crippen LogP contribution is 2.52. The minimum atomic E-state index is 0.611. The van der Waals surface area contributed by atoms with E-state index in [9.17, 15) is 0 Å². The van der Waals surface area contributed by atoms with Crippen LogP contribution in [0.1, 0.15) is 0 Å². The minimum Gasteiger partial charge on any atom is -0.452 e. The highest BCUT2D eigenvalue weighted by molar-refractivity contribution is 7.99. The van der Waals surface area contributed by atoms with Gasteiger partial charge in [0.2, 0.25) is 5.95 Å². The number of nitrogens with zero attached hydrogens (tertiary/aromatic N) is 4. The van der Waals surface area contributed by atoms with Gasteiger partial charge in [0.25, 0.3) is 0 Å². The van der Waals surface area contributed by atoms with Crippen LogP contribution in [-0.4, -0.2) is 19.1 Å². The summed E-state index contributed by atoms with van der Waals surface area (Å²) in [5, 5.41) is 8.47. The molecule has 288 valence electrons. The molecule has 0 atom stereocenters. The Balaban J connectivity index is 0.946. The van der Waals surface area contributed by atoms with Gasteiger partial charge in [-0.25, -0.2) is 9.97 Å². The summed E-state index contributed by atoms with van der Waals surface area (Å²) in [6.45, 7) is 0. The number of benzene rings is 9. The van der Waals surface area contributed by atoms with Crippen molar-refractivity contribution in [3.63, 3.8) is 0 Å². The van der Waals surface area contributed by atoms with Crippen LogP contribution in [0.2, 0.25) is 0 Å². The van der Waals surface area contributed by atoms with E-state index in [2.05, 4.69) is 167 Å². The molecule has 5 nitrogen and oxygen atoms in total. The van der Waals surface area contributed by atoms with Crippen LogP contribution in [0.15, 0.2) is 208 Å². The molecule has 0 saturated heterocycles. The molecule has 14 rings (SSSR count). The van der Waals surface area contributed by atoms with Crippen molar-refractivity contribution in [3.05, 3.63) is 194 Å².